The minimum Gasteiger partial charge on any atom is -0.272 e. The number of benzene rings is 1. The molecule has 84 valence electrons. The number of aromatic nitrogens is 2. The Balaban J connectivity index is 2.12. The van der Waals surface area contributed by atoms with Gasteiger partial charge in [0.15, 0.2) is 5.82 Å². The van der Waals surface area contributed by atoms with Gasteiger partial charge in [-0.1, -0.05) is 30.3 Å². The monoisotopic (exact) mass is 225 g/mol. The lowest BCUT2D eigenvalue weighted by molar-refractivity contribution is 0.0906. The summed E-state index contributed by atoms with van der Waals surface area (Å²) in [5.41, 5.74) is 2.62. The largest absolute Gasteiger partial charge is 0.272 e. The average molecular weight is 225 g/mol. The highest BCUT2D eigenvalue weighted by molar-refractivity contribution is 6.05. The normalized spacial score (nSPS) is 14.4. The Morgan fingerprint density at radius 2 is 2.00 bits per heavy atom. The molecule has 0 bridgehead atoms. The topological polar surface area (TPSA) is 47.2 Å². The maximum Gasteiger partial charge on any atom is 0.254 e. The molecule has 1 aliphatic rings. The molecular formula is C13H11N3O. The summed E-state index contributed by atoms with van der Waals surface area (Å²) in [5, 5.41) is 4.30. The van der Waals surface area contributed by atoms with E-state index in [2.05, 4.69) is 10.1 Å². The molecule has 0 amide bonds. The van der Waals surface area contributed by atoms with E-state index in [0.29, 0.717) is 12.2 Å². The Kier molecular flexibility index (Phi) is 2.14. The third-order valence-corrected chi connectivity index (χ3v) is 2.71. The zero-order chi connectivity index (χ0) is 11.8. The lowest BCUT2D eigenvalue weighted by Gasteiger charge is -2.08. The number of nitrogens with zero attached hydrogens (tertiary/aromatic N) is 3. The van der Waals surface area contributed by atoms with Gasteiger partial charge >= 0.3 is 0 Å². The fourth-order valence-electron chi connectivity index (χ4n) is 1.91. The van der Waals surface area contributed by atoms with E-state index < -0.39 is 0 Å². The summed E-state index contributed by atoms with van der Waals surface area (Å²) in [5.74, 6) is 0.604. The third-order valence-electron chi connectivity index (χ3n) is 2.71. The van der Waals surface area contributed by atoms with Gasteiger partial charge < -0.3 is 0 Å². The van der Waals surface area contributed by atoms with Gasteiger partial charge in [0.25, 0.3) is 5.91 Å². The third kappa shape index (κ3) is 1.67. The summed E-state index contributed by atoms with van der Waals surface area (Å²) in [6.07, 6.45) is 0.350. The Morgan fingerprint density at radius 1 is 1.24 bits per heavy atom. The van der Waals surface area contributed by atoms with Crippen LogP contribution in [0.2, 0.25) is 0 Å². The lowest BCUT2D eigenvalue weighted by atomic mass is 10.1. The molecule has 1 aliphatic heterocycles. The van der Waals surface area contributed by atoms with Crippen LogP contribution in [0.5, 0.6) is 0 Å². The van der Waals surface area contributed by atoms with Crippen molar-refractivity contribution in [1.82, 2.24) is 9.78 Å². The average Bonchev–Trinajstić information content (AvgIpc) is 2.74. The van der Waals surface area contributed by atoms with E-state index in [1.165, 1.54) is 4.68 Å². The molecule has 0 radical (unpaired) electrons. The molecule has 1 aromatic heterocycles. The molecule has 2 heterocycles. The second-order valence-electron chi connectivity index (χ2n) is 4.08. The van der Waals surface area contributed by atoms with E-state index in [0.717, 1.165) is 17.0 Å². The van der Waals surface area contributed by atoms with E-state index in [9.17, 15) is 4.79 Å². The first-order valence-electron chi connectivity index (χ1n) is 5.47. The number of aliphatic imine (C=N–C) groups is 1. The fraction of sp³-hybridized carbons (Fsp3) is 0.154. The van der Waals surface area contributed by atoms with Gasteiger partial charge in [-0.05, 0) is 6.92 Å². The van der Waals surface area contributed by atoms with Crippen LogP contribution in [0.3, 0.4) is 0 Å². The molecule has 0 fully saturated rings. The van der Waals surface area contributed by atoms with Gasteiger partial charge in [-0.25, -0.2) is 4.99 Å². The molecule has 3 rings (SSSR count). The Morgan fingerprint density at radius 3 is 2.76 bits per heavy atom. The molecule has 2 aromatic rings. The zero-order valence-corrected chi connectivity index (χ0v) is 9.42. The van der Waals surface area contributed by atoms with E-state index in [4.69, 9.17) is 0 Å². The SMILES string of the molecule is CC1=Nc2cc(-c3ccccc3)nn2C(=O)C1. The smallest absolute Gasteiger partial charge is 0.254 e. The Labute approximate surface area is 98.6 Å². The van der Waals surface area contributed by atoms with Crippen LogP contribution in [-0.2, 0) is 0 Å². The van der Waals surface area contributed by atoms with Crippen LogP contribution in [0.4, 0.5) is 5.82 Å². The molecule has 0 unspecified atom stereocenters. The van der Waals surface area contributed by atoms with Gasteiger partial charge in [-0.15, -0.1) is 0 Å². The second kappa shape index (κ2) is 3.66. The number of carbonyl (C=O) groups is 1. The van der Waals surface area contributed by atoms with Crippen molar-refractivity contribution in [2.75, 3.05) is 0 Å². The minimum absolute atomic E-state index is 0.0188. The first-order chi connectivity index (χ1) is 8.24. The number of rotatable bonds is 1. The van der Waals surface area contributed by atoms with Crippen LogP contribution < -0.4 is 0 Å². The van der Waals surface area contributed by atoms with Gasteiger partial charge in [0.05, 0.1) is 12.1 Å². The van der Waals surface area contributed by atoms with Crippen molar-refractivity contribution >= 4 is 17.4 Å². The summed E-state index contributed by atoms with van der Waals surface area (Å²) in [6.45, 7) is 1.86. The van der Waals surface area contributed by atoms with Crippen LogP contribution >= 0.6 is 0 Å². The molecule has 0 saturated carbocycles. The Bertz CT molecular complexity index is 611. The summed E-state index contributed by atoms with van der Waals surface area (Å²) >= 11 is 0. The predicted octanol–water partition coefficient (Wildman–Crippen LogP) is 2.69. The van der Waals surface area contributed by atoms with Crippen molar-refractivity contribution in [2.24, 2.45) is 4.99 Å². The van der Waals surface area contributed by atoms with Gasteiger partial charge in [0.2, 0.25) is 0 Å². The summed E-state index contributed by atoms with van der Waals surface area (Å²) in [7, 11) is 0. The molecule has 0 atom stereocenters. The van der Waals surface area contributed by atoms with Gasteiger partial charge in [-0.3, -0.25) is 4.79 Å². The van der Waals surface area contributed by atoms with E-state index in [-0.39, 0.29) is 5.91 Å². The molecule has 0 saturated heterocycles. The zero-order valence-electron chi connectivity index (χ0n) is 9.42. The maximum absolute atomic E-state index is 11.8. The van der Waals surface area contributed by atoms with Crippen LogP contribution in [0.25, 0.3) is 11.3 Å². The van der Waals surface area contributed by atoms with Crippen LogP contribution in [0.15, 0.2) is 41.4 Å². The van der Waals surface area contributed by atoms with Crippen molar-refractivity contribution in [3.05, 3.63) is 36.4 Å². The fourth-order valence-corrected chi connectivity index (χ4v) is 1.91. The number of hydrogen-bond donors (Lipinski definition) is 0. The summed E-state index contributed by atoms with van der Waals surface area (Å²) in [6, 6.07) is 11.6. The van der Waals surface area contributed by atoms with Crippen molar-refractivity contribution in [2.45, 2.75) is 13.3 Å². The number of carbonyl (C=O) groups excluding carboxylic acids is 1. The van der Waals surface area contributed by atoms with Crippen molar-refractivity contribution < 1.29 is 4.79 Å². The van der Waals surface area contributed by atoms with E-state index >= 15 is 0 Å². The second-order valence-corrected chi connectivity index (χ2v) is 4.08. The summed E-state index contributed by atoms with van der Waals surface area (Å²) < 4.78 is 1.38. The first-order valence-corrected chi connectivity index (χ1v) is 5.47. The van der Waals surface area contributed by atoms with Crippen LogP contribution in [0, 0.1) is 0 Å². The quantitative estimate of drug-likeness (QED) is 0.749. The van der Waals surface area contributed by atoms with Crippen molar-refractivity contribution in [3.8, 4) is 11.3 Å². The maximum atomic E-state index is 11.8. The number of fused-ring (bicyclic) bond motifs is 1. The molecule has 0 N–H and O–H groups in total. The molecule has 4 nitrogen and oxygen atoms in total. The Hall–Kier alpha value is -2.23. The molecule has 1 aromatic carbocycles. The lowest BCUT2D eigenvalue weighted by Crippen LogP contribution is -2.19. The predicted molar refractivity (Wildman–Crippen MR) is 65.7 cm³/mol. The molecule has 4 heteroatoms. The van der Waals surface area contributed by atoms with E-state index in [1.54, 1.807) is 0 Å². The highest BCUT2D eigenvalue weighted by Crippen LogP contribution is 2.26. The highest BCUT2D eigenvalue weighted by atomic mass is 16.2. The van der Waals surface area contributed by atoms with Crippen molar-refractivity contribution in [1.29, 1.82) is 0 Å². The minimum atomic E-state index is -0.0188. The van der Waals surface area contributed by atoms with Crippen LogP contribution in [-0.4, -0.2) is 21.4 Å². The van der Waals surface area contributed by atoms with Crippen LogP contribution in [0.1, 0.15) is 18.1 Å². The van der Waals surface area contributed by atoms with Gasteiger partial charge in [0.1, 0.15) is 0 Å². The molecular weight excluding hydrogens is 214 g/mol. The standard InChI is InChI=1S/C13H11N3O/c1-9-7-13(17)16-12(14-9)8-11(15-16)10-5-3-2-4-6-10/h2-6,8H,7H2,1H3. The molecule has 0 aliphatic carbocycles. The molecule has 0 spiro atoms. The first kappa shape index (κ1) is 9.96. The van der Waals surface area contributed by atoms with Gasteiger partial charge in [-0.2, -0.15) is 9.78 Å². The molecule has 17 heavy (non-hydrogen) atoms. The van der Waals surface area contributed by atoms with Gasteiger partial charge in [0, 0.05) is 17.3 Å². The number of hydrogen-bond acceptors (Lipinski definition) is 3. The summed E-state index contributed by atoms with van der Waals surface area (Å²) in [4.78, 5) is 16.1. The van der Waals surface area contributed by atoms with Crippen molar-refractivity contribution in [3.63, 3.8) is 0 Å². The highest BCUT2D eigenvalue weighted by Gasteiger charge is 2.19. The van der Waals surface area contributed by atoms with E-state index in [1.807, 2.05) is 43.3 Å².